The highest BCUT2D eigenvalue weighted by atomic mass is 19.4. The molecule has 0 radical (unpaired) electrons. The fourth-order valence-electron chi connectivity index (χ4n) is 1.56. The van der Waals surface area contributed by atoms with Crippen molar-refractivity contribution in [2.24, 2.45) is 5.41 Å². The number of hydrogen-bond donors (Lipinski definition) is 1. The molecular formula is C13H19F3N2O. The summed E-state index contributed by atoms with van der Waals surface area (Å²) in [6.45, 7) is 9.87. The van der Waals surface area contributed by atoms with Crippen molar-refractivity contribution >= 4 is 5.57 Å². The van der Waals surface area contributed by atoms with E-state index in [2.05, 4.69) is 11.7 Å². The van der Waals surface area contributed by atoms with Crippen LogP contribution in [0.25, 0.3) is 5.57 Å². The van der Waals surface area contributed by atoms with Crippen LogP contribution in [0, 0.1) is 5.41 Å². The van der Waals surface area contributed by atoms with Crippen molar-refractivity contribution < 1.29 is 18.3 Å². The first kappa shape index (κ1) is 15.8. The topological polar surface area (TPSA) is 38.0 Å². The molecule has 0 amide bonds. The summed E-state index contributed by atoms with van der Waals surface area (Å²) in [5.74, 6) is 0. The Bertz CT molecular complexity index is 443. The standard InChI is InChI=1S/C13H19F3N2O/c1-9(12(2,3)4)10-5-7-17-18(10)8-6-11(19)13(14,15)16/h5,7,11,19H,1,6,8H2,2-4H3. The van der Waals surface area contributed by atoms with Crippen molar-refractivity contribution in [1.29, 1.82) is 0 Å². The van der Waals surface area contributed by atoms with E-state index < -0.39 is 18.7 Å². The molecule has 108 valence electrons. The van der Waals surface area contributed by atoms with Crippen LogP contribution in [0.2, 0.25) is 0 Å². The van der Waals surface area contributed by atoms with Crippen LogP contribution in [0.4, 0.5) is 13.2 Å². The van der Waals surface area contributed by atoms with E-state index >= 15 is 0 Å². The lowest BCUT2D eigenvalue weighted by Crippen LogP contribution is -2.30. The molecule has 0 aliphatic carbocycles. The van der Waals surface area contributed by atoms with E-state index in [1.807, 2.05) is 20.8 Å². The molecule has 1 unspecified atom stereocenters. The summed E-state index contributed by atoms with van der Waals surface area (Å²) in [5.41, 5.74) is 1.30. The first-order valence-electron chi connectivity index (χ1n) is 6.00. The zero-order chi connectivity index (χ0) is 14.8. The monoisotopic (exact) mass is 276 g/mol. The summed E-state index contributed by atoms with van der Waals surface area (Å²) in [5, 5.41) is 13.0. The quantitative estimate of drug-likeness (QED) is 0.916. The Hall–Kier alpha value is -1.30. The zero-order valence-electron chi connectivity index (χ0n) is 11.3. The number of aliphatic hydroxyl groups excluding tert-OH is 1. The normalized spacial score (nSPS) is 14.5. The van der Waals surface area contributed by atoms with E-state index in [0.29, 0.717) is 5.69 Å². The number of aliphatic hydroxyl groups is 1. The first-order chi connectivity index (χ1) is 8.53. The van der Waals surface area contributed by atoms with Gasteiger partial charge >= 0.3 is 6.18 Å². The lowest BCUT2D eigenvalue weighted by atomic mass is 9.85. The number of alkyl halides is 3. The van der Waals surface area contributed by atoms with Gasteiger partial charge in [-0.15, -0.1) is 0 Å². The number of halogens is 3. The number of nitrogens with zero attached hydrogens (tertiary/aromatic N) is 2. The Labute approximate surface area is 110 Å². The van der Waals surface area contributed by atoms with Crippen LogP contribution >= 0.6 is 0 Å². The van der Waals surface area contributed by atoms with Crippen LogP contribution in [-0.2, 0) is 6.54 Å². The van der Waals surface area contributed by atoms with Gasteiger partial charge in [0.15, 0.2) is 6.10 Å². The van der Waals surface area contributed by atoms with E-state index in [-0.39, 0.29) is 12.0 Å². The van der Waals surface area contributed by atoms with Gasteiger partial charge in [-0.05, 0) is 17.1 Å². The van der Waals surface area contributed by atoms with Crippen molar-refractivity contribution in [3.05, 3.63) is 24.5 Å². The largest absolute Gasteiger partial charge is 0.414 e. The third-order valence-corrected chi connectivity index (χ3v) is 2.92. The van der Waals surface area contributed by atoms with E-state index in [0.717, 1.165) is 5.57 Å². The van der Waals surface area contributed by atoms with Gasteiger partial charge in [-0.25, -0.2) is 0 Å². The molecule has 0 spiro atoms. The van der Waals surface area contributed by atoms with Crippen LogP contribution in [0.3, 0.4) is 0 Å². The van der Waals surface area contributed by atoms with Crippen molar-refractivity contribution in [3.8, 4) is 0 Å². The summed E-state index contributed by atoms with van der Waals surface area (Å²) < 4.78 is 38.1. The number of rotatable bonds is 4. The van der Waals surface area contributed by atoms with Gasteiger partial charge in [0, 0.05) is 19.2 Å². The van der Waals surface area contributed by atoms with Crippen LogP contribution < -0.4 is 0 Å². The second-order valence-electron chi connectivity index (χ2n) is 5.51. The predicted octanol–water partition coefficient (Wildman–Crippen LogP) is 3.26. The van der Waals surface area contributed by atoms with Gasteiger partial charge in [-0.2, -0.15) is 18.3 Å². The molecule has 0 fully saturated rings. The van der Waals surface area contributed by atoms with Gasteiger partial charge in [0.25, 0.3) is 0 Å². The summed E-state index contributed by atoms with van der Waals surface area (Å²) in [7, 11) is 0. The fourth-order valence-corrected chi connectivity index (χ4v) is 1.56. The van der Waals surface area contributed by atoms with Gasteiger partial charge in [0.1, 0.15) is 0 Å². The van der Waals surface area contributed by atoms with Crippen molar-refractivity contribution in [2.45, 2.75) is 46.0 Å². The summed E-state index contributed by atoms with van der Waals surface area (Å²) in [4.78, 5) is 0. The molecule has 1 rings (SSSR count). The average Bonchev–Trinajstić information content (AvgIpc) is 2.69. The Morgan fingerprint density at radius 1 is 1.42 bits per heavy atom. The Kier molecular flexibility index (Phi) is 4.45. The van der Waals surface area contributed by atoms with Gasteiger partial charge in [0.05, 0.1) is 5.69 Å². The highest BCUT2D eigenvalue weighted by Crippen LogP contribution is 2.32. The van der Waals surface area contributed by atoms with E-state index in [1.165, 1.54) is 10.9 Å². The van der Waals surface area contributed by atoms with Gasteiger partial charge in [0.2, 0.25) is 0 Å². The maximum Gasteiger partial charge on any atom is 0.414 e. The van der Waals surface area contributed by atoms with E-state index in [9.17, 15) is 13.2 Å². The lowest BCUT2D eigenvalue weighted by Gasteiger charge is -2.23. The molecule has 1 atom stereocenters. The minimum absolute atomic E-state index is 0.00187. The predicted molar refractivity (Wildman–Crippen MR) is 67.4 cm³/mol. The van der Waals surface area contributed by atoms with Crippen molar-refractivity contribution in [1.82, 2.24) is 9.78 Å². The van der Waals surface area contributed by atoms with Crippen molar-refractivity contribution in [2.75, 3.05) is 0 Å². The fraction of sp³-hybridized carbons (Fsp3) is 0.615. The summed E-state index contributed by atoms with van der Waals surface area (Å²) in [6.07, 6.45) is -5.82. The molecule has 1 N–H and O–H groups in total. The molecule has 0 aliphatic heterocycles. The number of aromatic nitrogens is 2. The van der Waals surface area contributed by atoms with Gasteiger partial charge < -0.3 is 5.11 Å². The highest BCUT2D eigenvalue weighted by molar-refractivity contribution is 5.64. The molecule has 1 aromatic heterocycles. The average molecular weight is 276 g/mol. The third-order valence-electron chi connectivity index (χ3n) is 2.92. The maximum absolute atomic E-state index is 12.2. The minimum atomic E-state index is -4.59. The molecule has 0 aliphatic rings. The van der Waals surface area contributed by atoms with Gasteiger partial charge in [-0.3, -0.25) is 4.68 Å². The Balaban J connectivity index is 2.77. The Morgan fingerprint density at radius 3 is 2.47 bits per heavy atom. The second kappa shape index (κ2) is 5.36. The van der Waals surface area contributed by atoms with Crippen LogP contribution in [0.5, 0.6) is 0 Å². The van der Waals surface area contributed by atoms with E-state index in [4.69, 9.17) is 5.11 Å². The maximum atomic E-state index is 12.2. The third kappa shape index (κ3) is 4.09. The number of hydrogen-bond acceptors (Lipinski definition) is 2. The van der Waals surface area contributed by atoms with E-state index in [1.54, 1.807) is 6.07 Å². The molecule has 0 saturated heterocycles. The molecule has 0 bridgehead atoms. The highest BCUT2D eigenvalue weighted by Gasteiger charge is 2.37. The van der Waals surface area contributed by atoms with Crippen LogP contribution in [-0.4, -0.2) is 27.2 Å². The smallest absolute Gasteiger partial charge is 0.384 e. The van der Waals surface area contributed by atoms with Crippen LogP contribution in [0.1, 0.15) is 32.9 Å². The number of allylic oxidation sites excluding steroid dienone is 1. The molecule has 19 heavy (non-hydrogen) atoms. The first-order valence-corrected chi connectivity index (χ1v) is 6.00. The minimum Gasteiger partial charge on any atom is -0.384 e. The summed E-state index contributed by atoms with van der Waals surface area (Å²) in [6, 6.07) is 1.72. The molecule has 6 heteroatoms. The second-order valence-corrected chi connectivity index (χ2v) is 5.51. The summed E-state index contributed by atoms with van der Waals surface area (Å²) >= 11 is 0. The van der Waals surface area contributed by atoms with Crippen molar-refractivity contribution in [3.63, 3.8) is 0 Å². The lowest BCUT2D eigenvalue weighted by molar-refractivity contribution is -0.206. The Morgan fingerprint density at radius 2 is 2.00 bits per heavy atom. The zero-order valence-corrected chi connectivity index (χ0v) is 11.3. The molecule has 0 saturated carbocycles. The molecule has 3 nitrogen and oxygen atoms in total. The van der Waals surface area contributed by atoms with Gasteiger partial charge in [-0.1, -0.05) is 27.4 Å². The molecular weight excluding hydrogens is 257 g/mol. The molecule has 0 aromatic carbocycles. The molecule has 1 aromatic rings. The molecule has 1 heterocycles. The number of aryl methyl sites for hydroxylation is 1. The van der Waals surface area contributed by atoms with Crippen LogP contribution in [0.15, 0.2) is 18.8 Å². The SMILES string of the molecule is C=C(c1ccnn1CCC(O)C(F)(F)F)C(C)(C)C.